The molecule has 0 saturated carbocycles. The van der Waals surface area contributed by atoms with Gasteiger partial charge in [-0.25, -0.2) is 4.98 Å². The van der Waals surface area contributed by atoms with Crippen molar-refractivity contribution in [2.45, 2.75) is 19.3 Å². The third-order valence-electron chi connectivity index (χ3n) is 5.41. The number of aryl methyl sites for hydroxylation is 1. The molecule has 5 nitrogen and oxygen atoms in total. The molecule has 31 heavy (non-hydrogen) atoms. The second-order valence-electron chi connectivity index (χ2n) is 7.56. The molecule has 7 heteroatoms. The number of hydrogen-bond donors (Lipinski definition) is 0. The number of amides is 2. The summed E-state index contributed by atoms with van der Waals surface area (Å²) in [6, 6.07) is 17.7. The molecule has 4 rings (SSSR count). The molecule has 2 aromatic carbocycles. The molecule has 1 saturated heterocycles. The summed E-state index contributed by atoms with van der Waals surface area (Å²) in [7, 11) is 0. The minimum atomic E-state index is -0.0827. The van der Waals surface area contributed by atoms with Gasteiger partial charge >= 0.3 is 0 Å². The molecule has 0 radical (unpaired) electrons. The first-order valence-electron chi connectivity index (χ1n) is 10.4. The van der Waals surface area contributed by atoms with Crippen LogP contribution in [-0.4, -0.2) is 52.8 Å². The summed E-state index contributed by atoms with van der Waals surface area (Å²) in [5, 5.41) is 3.21. The molecule has 3 aromatic rings. The van der Waals surface area contributed by atoms with Gasteiger partial charge in [-0.2, -0.15) is 0 Å². The van der Waals surface area contributed by atoms with Crippen molar-refractivity contribution in [2.24, 2.45) is 0 Å². The molecule has 0 bridgehead atoms. The first-order chi connectivity index (χ1) is 15.1. The second-order valence-corrected chi connectivity index (χ2v) is 8.85. The van der Waals surface area contributed by atoms with Gasteiger partial charge < -0.3 is 9.80 Å². The number of thiazole rings is 1. The Kier molecular flexibility index (Phi) is 6.99. The van der Waals surface area contributed by atoms with E-state index in [1.54, 1.807) is 10.3 Å². The van der Waals surface area contributed by atoms with Gasteiger partial charge in [0.05, 0.1) is 0 Å². The van der Waals surface area contributed by atoms with Gasteiger partial charge in [-0.1, -0.05) is 54.1 Å². The number of aromatic nitrogens is 1. The van der Waals surface area contributed by atoms with E-state index >= 15 is 0 Å². The lowest BCUT2D eigenvalue weighted by Gasteiger charge is -2.34. The Bertz CT molecular complexity index is 1050. The Morgan fingerprint density at radius 1 is 0.968 bits per heavy atom. The standard InChI is InChI=1S/C24H24ClN3O2S/c25-20-10-5-9-19(16-20)23-26-21(17-31-23)24(30)28-14-12-27(13-15-28)22(29)11-4-8-18-6-2-1-3-7-18/h1-3,5-7,9-10,16-17H,4,8,11-15H2. The average molecular weight is 454 g/mol. The first kappa shape index (κ1) is 21.5. The second kappa shape index (κ2) is 10.1. The Labute approximate surface area is 191 Å². The van der Waals surface area contributed by atoms with Gasteiger partial charge in [0.2, 0.25) is 5.91 Å². The lowest BCUT2D eigenvalue weighted by molar-refractivity contribution is -0.132. The van der Waals surface area contributed by atoms with Gasteiger partial charge in [-0.05, 0) is 30.5 Å². The summed E-state index contributed by atoms with van der Waals surface area (Å²) >= 11 is 7.49. The number of nitrogens with zero attached hydrogens (tertiary/aromatic N) is 3. The van der Waals surface area contributed by atoms with E-state index in [9.17, 15) is 9.59 Å². The minimum absolute atomic E-state index is 0.0827. The van der Waals surface area contributed by atoms with Gasteiger partial charge in [0.25, 0.3) is 5.91 Å². The maximum absolute atomic E-state index is 12.9. The molecule has 1 aliphatic rings. The van der Waals surface area contributed by atoms with Crippen LogP contribution in [0.25, 0.3) is 10.6 Å². The Balaban J connectivity index is 1.26. The number of rotatable bonds is 6. The van der Waals surface area contributed by atoms with Gasteiger partial charge in [0.15, 0.2) is 0 Å². The molecular formula is C24H24ClN3O2S. The highest BCUT2D eigenvalue weighted by atomic mass is 35.5. The molecule has 0 atom stereocenters. The Hall–Kier alpha value is -2.70. The highest BCUT2D eigenvalue weighted by Crippen LogP contribution is 2.26. The van der Waals surface area contributed by atoms with Crippen molar-refractivity contribution < 1.29 is 9.59 Å². The monoisotopic (exact) mass is 453 g/mol. The molecule has 160 valence electrons. The number of carbonyl (C=O) groups excluding carboxylic acids is 2. The molecule has 0 N–H and O–H groups in total. The van der Waals surface area contributed by atoms with E-state index in [1.807, 2.05) is 47.4 Å². The van der Waals surface area contributed by atoms with Crippen molar-refractivity contribution in [3.05, 3.63) is 76.3 Å². The lowest BCUT2D eigenvalue weighted by atomic mass is 10.1. The largest absolute Gasteiger partial charge is 0.339 e. The molecular weight excluding hydrogens is 430 g/mol. The first-order valence-corrected chi connectivity index (χ1v) is 11.7. The fraction of sp³-hybridized carbons (Fsp3) is 0.292. The van der Waals surface area contributed by atoms with Crippen molar-refractivity contribution in [3.63, 3.8) is 0 Å². The quantitative estimate of drug-likeness (QED) is 0.540. The fourth-order valence-corrected chi connectivity index (χ4v) is 4.67. The normalized spacial score (nSPS) is 14.0. The number of hydrogen-bond acceptors (Lipinski definition) is 4. The predicted octanol–water partition coefficient (Wildman–Crippen LogP) is 4.77. The SMILES string of the molecule is O=C(CCCc1ccccc1)N1CCN(C(=O)c2csc(-c3cccc(Cl)c3)n2)CC1. The van der Waals surface area contributed by atoms with Crippen molar-refractivity contribution in [1.82, 2.24) is 14.8 Å². The minimum Gasteiger partial charge on any atom is -0.339 e. The van der Waals surface area contributed by atoms with Crippen LogP contribution in [0.5, 0.6) is 0 Å². The van der Waals surface area contributed by atoms with Crippen LogP contribution >= 0.6 is 22.9 Å². The molecule has 1 fully saturated rings. The third-order valence-corrected chi connectivity index (χ3v) is 6.54. The third kappa shape index (κ3) is 5.51. The molecule has 2 heterocycles. The van der Waals surface area contributed by atoms with Crippen molar-refractivity contribution >= 4 is 34.8 Å². The van der Waals surface area contributed by atoms with Gasteiger partial charge in [-0.3, -0.25) is 9.59 Å². The average Bonchev–Trinajstić information content (AvgIpc) is 3.30. The van der Waals surface area contributed by atoms with Gasteiger partial charge in [0, 0.05) is 48.6 Å². The van der Waals surface area contributed by atoms with Gasteiger partial charge in [0.1, 0.15) is 10.7 Å². The van der Waals surface area contributed by atoms with E-state index < -0.39 is 0 Å². The number of benzene rings is 2. The highest BCUT2D eigenvalue weighted by molar-refractivity contribution is 7.13. The summed E-state index contributed by atoms with van der Waals surface area (Å²) in [4.78, 5) is 33.5. The zero-order chi connectivity index (χ0) is 21.6. The Morgan fingerprint density at radius 2 is 1.71 bits per heavy atom. The van der Waals surface area contributed by atoms with E-state index in [0.717, 1.165) is 23.4 Å². The van der Waals surface area contributed by atoms with Crippen LogP contribution in [0.2, 0.25) is 5.02 Å². The van der Waals surface area contributed by atoms with Crippen LogP contribution in [0.15, 0.2) is 60.0 Å². The van der Waals surface area contributed by atoms with E-state index in [-0.39, 0.29) is 11.8 Å². The zero-order valence-corrected chi connectivity index (χ0v) is 18.7. The summed E-state index contributed by atoms with van der Waals surface area (Å²) in [5.41, 5.74) is 2.61. The fourth-order valence-electron chi connectivity index (χ4n) is 3.69. The molecule has 0 unspecified atom stereocenters. The molecule has 1 aliphatic heterocycles. The van der Waals surface area contributed by atoms with Crippen LogP contribution in [0.1, 0.15) is 28.9 Å². The lowest BCUT2D eigenvalue weighted by Crippen LogP contribution is -2.50. The maximum atomic E-state index is 12.9. The molecule has 0 spiro atoms. The molecule has 2 amide bonds. The summed E-state index contributed by atoms with van der Waals surface area (Å²) < 4.78 is 0. The van der Waals surface area contributed by atoms with Crippen molar-refractivity contribution in [1.29, 1.82) is 0 Å². The van der Waals surface area contributed by atoms with Crippen LogP contribution in [0, 0.1) is 0 Å². The van der Waals surface area contributed by atoms with E-state index in [2.05, 4.69) is 17.1 Å². The van der Waals surface area contributed by atoms with E-state index in [0.29, 0.717) is 43.3 Å². The van der Waals surface area contributed by atoms with Crippen molar-refractivity contribution in [3.8, 4) is 10.6 Å². The van der Waals surface area contributed by atoms with Gasteiger partial charge in [-0.15, -0.1) is 11.3 Å². The smallest absolute Gasteiger partial charge is 0.273 e. The van der Waals surface area contributed by atoms with Crippen LogP contribution in [0.3, 0.4) is 0 Å². The number of halogens is 1. The van der Waals surface area contributed by atoms with Crippen molar-refractivity contribution in [2.75, 3.05) is 26.2 Å². The maximum Gasteiger partial charge on any atom is 0.273 e. The van der Waals surface area contributed by atoms with E-state index in [4.69, 9.17) is 11.6 Å². The number of piperazine rings is 1. The molecule has 1 aromatic heterocycles. The van der Waals surface area contributed by atoms with Crippen LogP contribution < -0.4 is 0 Å². The Morgan fingerprint density at radius 3 is 2.45 bits per heavy atom. The van der Waals surface area contributed by atoms with Crippen LogP contribution in [-0.2, 0) is 11.2 Å². The predicted molar refractivity (Wildman–Crippen MR) is 124 cm³/mol. The molecule has 0 aliphatic carbocycles. The summed E-state index contributed by atoms with van der Waals surface area (Å²) in [5.74, 6) is 0.0839. The summed E-state index contributed by atoms with van der Waals surface area (Å²) in [6.07, 6.45) is 2.29. The highest BCUT2D eigenvalue weighted by Gasteiger charge is 2.26. The topological polar surface area (TPSA) is 53.5 Å². The zero-order valence-electron chi connectivity index (χ0n) is 17.2. The van der Waals surface area contributed by atoms with E-state index in [1.165, 1.54) is 16.9 Å². The van der Waals surface area contributed by atoms with Crippen LogP contribution in [0.4, 0.5) is 0 Å². The number of carbonyl (C=O) groups is 2. The summed E-state index contributed by atoms with van der Waals surface area (Å²) in [6.45, 7) is 2.21.